The number of aromatic nitrogens is 3. The van der Waals surface area contributed by atoms with Gasteiger partial charge in [-0.1, -0.05) is 5.16 Å². The summed E-state index contributed by atoms with van der Waals surface area (Å²) in [7, 11) is 1.78. The average Bonchev–Trinajstić information content (AvgIpc) is 2.71. The predicted molar refractivity (Wildman–Crippen MR) is 45.7 cm³/mol. The summed E-state index contributed by atoms with van der Waals surface area (Å²) in [5.41, 5.74) is -0.122. The van der Waals surface area contributed by atoms with Gasteiger partial charge in [0.15, 0.2) is 11.5 Å². The van der Waals surface area contributed by atoms with E-state index in [-0.39, 0.29) is 5.69 Å². The highest BCUT2D eigenvalue weighted by Gasteiger charge is 2.14. The highest BCUT2D eigenvalue weighted by Crippen LogP contribution is 2.17. The van der Waals surface area contributed by atoms with Crippen molar-refractivity contribution in [2.75, 3.05) is 0 Å². The Hall–Kier alpha value is -2.11. The number of hydrogen-bond acceptors (Lipinski definition) is 4. The van der Waals surface area contributed by atoms with E-state index in [0.717, 1.165) is 0 Å². The molecule has 0 aromatic carbocycles. The van der Waals surface area contributed by atoms with E-state index in [9.17, 15) is 4.79 Å². The molecule has 0 saturated carbocycles. The first-order chi connectivity index (χ1) is 6.68. The van der Waals surface area contributed by atoms with E-state index in [1.54, 1.807) is 24.0 Å². The molecule has 72 valence electrons. The molecule has 0 saturated heterocycles. The van der Waals surface area contributed by atoms with Crippen LogP contribution in [0.5, 0.6) is 0 Å². The minimum absolute atomic E-state index is 0.122. The third-order valence-electron chi connectivity index (χ3n) is 1.77. The molecule has 0 bridgehead atoms. The van der Waals surface area contributed by atoms with Crippen molar-refractivity contribution < 1.29 is 14.4 Å². The number of nitrogens with zero attached hydrogens (tertiary/aromatic N) is 3. The highest BCUT2D eigenvalue weighted by atomic mass is 16.5. The molecule has 0 amide bonds. The van der Waals surface area contributed by atoms with Crippen LogP contribution in [0.2, 0.25) is 0 Å². The fraction of sp³-hybridized carbons (Fsp3) is 0.125. The lowest BCUT2D eigenvalue weighted by atomic mass is 10.3. The molecular formula is C8H7N3O3. The molecule has 2 aromatic rings. The van der Waals surface area contributed by atoms with Gasteiger partial charge in [-0.15, -0.1) is 0 Å². The number of aryl methyl sites for hydroxylation is 1. The first-order valence-electron chi connectivity index (χ1n) is 3.86. The maximum atomic E-state index is 10.5. The molecule has 2 aromatic heterocycles. The summed E-state index contributed by atoms with van der Waals surface area (Å²) in [6, 6.07) is 1.34. The van der Waals surface area contributed by atoms with Crippen LogP contribution in [0.4, 0.5) is 0 Å². The summed E-state index contributed by atoms with van der Waals surface area (Å²) in [4.78, 5) is 14.5. The zero-order valence-corrected chi connectivity index (χ0v) is 7.34. The van der Waals surface area contributed by atoms with E-state index in [1.807, 2.05) is 0 Å². The largest absolute Gasteiger partial charge is 0.476 e. The van der Waals surface area contributed by atoms with Crippen molar-refractivity contribution in [2.45, 2.75) is 0 Å². The van der Waals surface area contributed by atoms with Gasteiger partial charge in [-0.25, -0.2) is 9.78 Å². The second-order valence-corrected chi connectivity index (χ2v) is 2.74. The number of carboxylic acid groups (broad SMARTS) is 1. The summed E-state index contributed by atoms with van der Waals surface area (Å²) < 4.78 is 6.55. The third kappa shape index (κ3) is 1.26. The van der Waals surface area contributed by atoms with E-state index >= 15 is 0 Å². The van der Waals surface area contributed by atoms with Crippen LogP contribution in [-0.4, -0.2) is 25.8 Å². The topological polar surface area (TPSA) is 81.2 Å². The highest BCUT2D eigenvalue weighted by molar-refractivity contribution is 5.86. The zero-order chi connectivity index (χ0) is 10.1. The number of imidazole rings is 1. The van der Waals surface area contributed by atoms with Gasteiger partial charge in [0.1, 0.15) is 0 Å². The zero-order valence-electron chi connectivity index (χ0n) is 7.34. The van der Waals surface area contributed by atoms with E-state index in [0.29, 0.717) is 11.6 Å². The molecule has 0 aliphatic heterocycles. The van der Waals surface area contributed by atoms with Gasteiger partial charge >= 0.3 is 5.97 Å². The number of carboxylic acids is 1. The molecule has 0 spiro atoms. The molecule has 0 radical (unpaired) electrons. The summed E-state index contributed by atoms with van der Waals surface area (Å²) in [5, 5.41) is 12.0. The van der Waals surface area contributed by atoms with Crippen molar-refractivity contribution in [1.82, 2.24) is 14.7 Å². The van der Waals surface area contributed by atoms with Gasteiger partial charge in [-0.05, 0) is 0 Å². The van der Waals surface area contributed by atoms with Crippen molar-refractivity contribution in [3.05, 3.63) is 24.2 Å². The lowest BCUT2D eigenvalue weighted by Crippen LogP contribution is -1.94. The van der Waals surface area contributed by atoms with E-state index in [2.05, 4.69) is 10.1 Å². The molecule has 14 heavy (non-hydrogen) atoms. The first kappa shape index (κ1) is 8.49. The maximum Gasteiger partial charge on any atom is 0.358 e. The molecule has 6 nitrogen and oxygen atoms in total. The molecule has 2 rings (SSSR count). The van der Waals surface area contributed by atoms with Crippen LogP contribution in [0.15, 0.2) is 23.0 Å². The smallest absolute Gasteiger partial charge is 0.358 e. The van der Waals surface area contributed by atoms with Gasteiger partial charge in [0.2, 0.25) is 5.76 Å². The number of aromatic carboxylic acids is 1. The Morgan fingerprint density at radius 1 is 1.64 bits per heavy atom. The van der Waals surface area contributed by atoms with E-state index < -0.39 is 5.97 Å². The summed E-state index contributed by atoms with van der Waals surface area (Å²) >= 11 is 0. The standard InChI is InChI=1S/C8H7N3O3/c1-11-3-2-9-7(11)6-4-5(8(12)13)10-14-6/h2-4H,1H3,(H,12,13). The molecule has 0 atom stereocenters. The van der Waals surface area contributed by atoms with Crippen LogP contribution < -0.4 is 0 Å². The van der Waals surface area contributed by atoms with E-state index in [1.165, 1.54) is 6.07 Å². The van der Waals surface area contributed by atoms with Gasteiger partial charge < -0.3 is 14.2 Å². The Labute approximate surface area is 78.8 Å². The SMILES string of the molecule is Cn1ccnc1-c1cc(C(=O)O)no1. The molecule has 0 unspecified atom stereocenters. The van der Waals surface area contributed by atoms with Gasteiger partial charge in [0.05, 0.1) is 0 Å². The third-order valence-corrected chi connectivity index (χ3v) is 1.77. The Bertz CT molecular complexity index is 472. The van der Waals surface area contributed by atoms with Crippen molar-refractivity contribution in [1.29, 1.82) is 0 Å². The van der Waals surface area contributed by atoms with Gasteiger partial charge in [0, 0.05) is 25.5 Å². The molecule has 0 aliphatic rings. The number of rotatable bonds is 2. The van der Waals surface area contributed by atoms with Gasteiger partial charge in [0.25, 0.3) is 0 Å². The fourth-order valence-corrected chi connectivity index (χ4v) is 1.08. The number of carbonyl (C=O) groups is 1. The molecule has 1 N–H and O–H groups in total. The second kappa shape index (κ2) is 2.99. The lowest BCUT2D eigenvalue weighted by Gasteiger charge is -1.93. The molecule has 2 heterocycles. The van der Waals surface area contributed by atoms with E-state index in [4.69, 9.17) is 9.63 Å². The lowest BCUT2D eigenvalue weighted by molar-refractivity contribution is 0.0686. The van der Waals surface area contributed by atoms with Crippen LogP contribution in [-0.2, 0) is 7.05 Å². The van der Waals surface area contributed by atoms with Gasteiger partial charge in [-0.3, -0.25) is 0 Å². The Morgan fingerprint density at radius 2 is 2.43 bits per heavy atom. The molecular weight excluding hydrogens is 186 g/mol. The average molecular weight is 193 g/mol. The van der Waals surface area contributed by atoms with Crippen LogP contribution in [0.25, 0.3) is 11.6 Å². The van der Waals surface area contributed by atoms with Crippen LogP contribution >= 0.6 is 0 Å². The minimum Gasteiger partial charge on any atom is -0.476 e. The quantitative estimate of drug-likeness (QED) is 0.761. The van der Waals surface area contributed by atoms with Crippen molar-refractivity contribution >= 4 is 5.97 Å². The monoisotopic (exact) mass is 193 g/mol. The molecule has 0 aliphatic carbocycles. The Morgan fingerprint density at radius 3 is 2.93 bits per heavy atom. The molecule has 0 fully saturated rings. The first-order valence-corrected chi connectivity index (χ1v) is 3.86. The second-order valence-electron chi connectivity index (χ2n) is 2.74. The van der Waals surface area contributed by atoms with Crippen LogP contribution in [0.1, 0.15) is 10.5 Å². The minimum atomic E-state index is -1.12. The van der Waals surface area contributed by atoms with Crippen molar-refractivity contribution in [2.24, 2.45) is 7.05 Å². The van der Waals surface area contributed by atoms with Gasteiger partial charge in [-0.2, -0.15) is 0 Å². The summed E-state index contributed by atoms with van der Waals surface area (Å²) in [6.07, 6.45) is 3.33. The van der Waals surface area contributed by atoms with Crippen molar-refractivity contribution in [3.63, 3.8) is 0 Å². The number of hydrogen-bond donors (Lipinski definition) is 1. The Balaban J connectivity index is 2.43. The van der Waals surface area contributed by atoms with Crippen LogP contribution in [0.3, 0.4) is 0 Å². The maximum absolute atomic E-state index is 10.5. The Kier molecular flexibility index (Phi) is 1.81. The normalized spacial score (nSPS) is 10.4. The predicted octanol–water partition coefficient (Wildman–Crippen LogP) is 0.773. The van der Waals surface area contributed by atoms with Crippen LogP contribution in [0, 0.1) is 0 Å². The fourth-order valence-electron chi connectivity index (χ4n) is 1.08. The molecule has 6 heteroatoms. The van der Waals surface area contributed by atoms with Crippen molar-refractivity contribution in [3.8, 4) is 11.6 Å². The summed E-state index contributed by atoms with van der Waals surface area (Å²) in [6.45, 7) is 0. The summed E-state index contributed by atoms with van der Waals surface area (Å²) in [5.74, 6) is -0.228.